The lowest BCUT2D eigenvalue weighted by Gasteiger charge is -2.32. The third-order valence-corrected chi connectivity index (χ3v) is 3.44. The zero-order valence-electron chi connectivity index (χ0n) is 13.5. The first-order valence-electron chi connectivity index (χ1n) is 7.53. The van der Waals surface area contributed by atoms with E-state index in [1.807, 2.05) is 37.3 Å². The maximum Gasteiger partial charge on any atom is 0.333 e. The number of ether oxygens (including phenoxy) is 2. The van der Waals surface area contributed by atoms with Gasteiger partial charge in [0.15, 0.2) is 5.54 Å². The second-order valence-corrected chi connectivity index (χ2v) is 5.53. The molecule has 21 heavy (non-hydrogen) atoms. The van der Waals surface area contributed by atoms with Crippen LogP contribution in [0.3, 0.4) is 0 Å². The highest BCUT2D eigenvalue weighted by Crippen LogP contribution is 2.24. The van der Waals surface area contributed by atoms with E-state index in [-0.39, 0.29) is 12.6 Å². The highest BCUT2D eigenvalue weighted by molar-refractivity contribution is 5.82. The molecular formula is C17H27NO3. The van der Waals surface area contributed by atoms with E-state index in [1.54, 1.807) is 0 Å². The zero-order valence-corrected chi connectivity index (χ0v) is 13.5. The van der Waals surface area contributed by atoms with Crippen LogP contribution in [0, 0.1) is 5.92 Å². The van der Waals surface area contributed by atoms with Crippen LogP contribution < -0.4 is 5.32 Å². The Morgan fingerprint density at radius 2 is 1.95 bits per heavy atom. The van der Waals surface area contributed by atoms with E-state index in [1.165, 1.54) is 7.11 Å². The highest BCUT2D eigenvalue weighted by Gasteiger charge is 2.41. The summed E-state index contributed by atoms with van der Waals surface area (Å²) in [5.74, 6) is 0.258. The molecular weight excluding hydrogens is 266 g/mol. The molecule has 0 bridgehead atoms. The number of hydrogen-bond acceptors (Lipinski definition) is 4. The lowest BCUT2D eigenvalue weighted by molar-refractivity contribution is -0.152. The summed E-state index contributed by atoms with van der Waals surface area (Å²) in [6.45, 7) is 7.82. The molecule has 0 radical (unpaired) electrons. The topological polar surface area (TPSA) is 47.6 Å². The molecule has 1 rings (SSSR count). The van der Waals surface area contributed by atoms with E-state index < -0.39 is 5.54 Å². The fourth-order valence-electron chi connectivity index (χ4n) is 2.23. The minimum absolute atomic E-state index is 0.268. The van der Waals surface area contributed by atoms with Crippen molar-refractivity contribution < 1.29 is 14.3 Å². The molecule has 1 aromatic carbocycles. The van der Waals surface area contributed by atoms with Gasteiger partial charge in [-0.2, -0.15) is 0 Å². The van der Waals surface area contributed by atoms with Crippen molar-refractivity contribution in [3.05, 3.63) is 35.9 Å². The third-order valence-electron chi connectivity index (χ3n) is 3.44. The Hall–Kier alpha value is -1.39. The Labute approximate surface area is 127 Å². The molecule has 1 N–H and O–H groups in total. The lowest BCUT2D eigenvalue weighted by Crippen LogP contribution is -2.53. The predicted octanol–water partition coefficient (Wildman–Crippen LogP) is 2.73. The number of hydrogen-bond donors (Lipinski definition) is 1. The van der Waals surface area contributed by atoms with Crippen LogP contribution in [-0.4, -0.2) is 32.8 Å². The molecule has 4 nitrogen and oxygen atoms in total. The Bertz CT molecular complexity index is 419. The van der Waals surface area contributed by atoms with Gasteiger partial charge in [-0.1, -0.05) is 51.1 Å². The van der Waals surface area contributed by atoms with Crippen molar-refractivity contribution in [1.82, 2.24) is 5.32 Å². The number of benzene rings is 1. The molecule has 0 heterocycles. The van der Waals surface area contributed by atoms with E-state index in [4.69, 9.17) is 9.47 Å². The van der Waals surface area contributed by atoms with Gasteiger partial charge in [-0.25, -0.2) is 4.79 Å². The maximum absolute atomic E-state index is 12.4. The summed E-state index contributed by atoms with van der Waals surface area (Å²) in [5, 5.41) is 3.25. The second kappa shape index (κ2) is 8.80. The lowest BCUT2D eigenvalue weighted by atomic mass is 9.90. The summed E-state index contributed by atoms with van der Waals surface area (Å²) in [6.07, 6.45) is 0.970. The number of nitrogens with one attached hydrogen (secondary N) is 1. The van der Waals surface area contributed by atoms with E-state index in [0.717, 1.165) is 12.0 Å². The zero-order chi connectivity index (χ0) is 15.7. The van der Waals surface area contributed by atoms with E-state index in [9.17, 15) is 4.79 Å². The van der Waals surface area contributed by atoms with Crippen molar-refractivity contribution in [2.24, 2.45) is 5.92 Å². The molecule has 0 saturated heterocycles. The molecule has 0 aliphatic heterocycles. The number of carbonyl (C=O) groups is 1. The molecule has 0 aliphatic carbocycles. The molecule has 0 spiro atoms. The molecule has 0 amide bonds. The monoisotopic (exact) mass is 293 g/mol. The van der Waals surface area contributed by atoms with Crippen molar-refractivity contribution in [1.29, 1.82) is 0 Å². The second-order valence-electron chi connectivity index (χ2n) is 5.53. The van der Waals surface area contributed by atoms with E-state index in [0.29, 0.717) is 19.1 Å². The number of likely N-dealkylation sites (N-methyl/N-ethyl adjacent to an activating group) is 1. The standard InChI is InChI=1S/C17H27NO3/c1-5-18-17(16(19)20-4,13-21-12-11-14(2)3)15-9-7-6-8-10-15/h6-10,14,18H,5,11-13H2,1-4H3. The summed E-state index contributed by atoms with van der Waals surface area (Å²) in [5.41, 5.74) is -0.0786. The first kappa shape index (κ1) is 17.7. The molecule has 1 aromatic rings. The highest BCUT2D eigenvalue weighted by atomic mass is 16.5. The average Bonchev–Trinajstić information content (AvgIpc) is 2.50. The minimum Gasteiger partial charge on any atom is -0.467 e. The number of carbonyl (C=O) groups excluding carboxylic acids is 1. The summed E-state index contributed by atoms with van der Waals surface area (Å²) < 4.78 is 10.8. The van der Waals surface area contributed by atoms with Gasteiger partial charge in [-0.15, -0.1) is 0 Å². The summed E-state index contributed by atoms with van der Waals surface area (Å²) >= 11 is 0. The SMILES string of the molecule is CCNC(COCCC(C)C)(C(=O)OC)c1ccccc1. The van der Waals surface area contributed by atoms with Gasteiger partial charge >= 0.3 is 5.97 Å². The molecule has 0 saturated carbocycles. The molecule has 0 aromatic heterocycles. The van der Waals surface area contributed by atoms with Crippen LogP contribution in [0.1, 0.15) is 32.8 Å². The molecule has 4 heteroatoms. The molecule has 1 atom stereocenters. The Morgan fingerprint density at radius 3 is 2.48 bits per heavy atom. The average molecular weight is 293 g/mol. The summed E-state index contributed by atoms with van der Waals surface area (Å²) in [4.78, 5) is 12.4. The smallest absolute Gasteiger partial charge is 0.333 e. The first-order chi connectivity index (χ1) is 10.1. The Morgan fingerprint density at radius 1 is 1.29 bits per heavy atom. The normalized spacial score (nSPS) is 14.0. The summed E-state index contributed by atoms with van der Waals surface area (Å²) in [7, 11) is 1.41. The van der Waals surface area contributed by atoms with Crippen molar-refractivity contribution in [2.75, 3.05) is 26.9 Å². The van der Waals surface area contributed by atoms with Gasteiger partial charge in [0.1, 0.15) is 0 Å². The van der Waals surface area contributed by atoms with Crippen molar-refractivity contribution in [3.63, 3.8) is 0 Å². The molecule has 0 fully saturated rings. The van der Waals surface area contributed by atoms with Crippen molar-refractivity contribution in [2.45, 2.75) is 32.7 Å². The van der Waals surface area contributed by atoms with Crippen LogP contribution in [-0.2, 0) is 19.8 Å². The van der Waals surface area contributed by atoms with Gasteiger partial charge in [0.25, 0.3) is 0 Å². The van der Waals surface area contributed by atoms with Crippen LogP contribution in [0.15, 0.2) is 30.3 Å². The van der Waals surface area contributed by atoms with Crippen LogP contribution in [0.25, 0.3) is 0 Å². The van der Waals surface area contributed by atoms with Gasteiger partial charge in [0, 0.05) is 6.61 Å². The molecule has 1 unspecified atom stereocenters. The van der Waals surface area contributed by atoms with Gasteiger partial charge < -0.3 is 9.47 Å². The minimum atomic E-state index is -0.943. The van der Waals surface area contributed by atoms with Gasteiger partial charge in [0.2, 0.25) is 0 Å². The van der Waals surface area contributed by atoms with Crippen molar-refractivity contribution in [3.8, 4) is 0 Å². The Balaban J connectivity index is 2.94. The van der Waals surface area contributed by atoms with Crippen molar-refractivity contribution >= 4 is 5.97 Å². The number of esters is 1. The number of rotatable bonds is 9. The quantitative estimate of drug-likeness (QED) is 0.562. The van der Waals surface area contributed by atoms with Crippen LogP contribution in [0.4, 0.5) is 0 Å². The first-order valence-corrected chi connectivity index (χ1v) is 7.53. The van der Waals surface area contributed by atoms with Gasteiger partial charge in [0.05, 0.1) is 13.7 Å². The Kier molecular flexibility index (Phi) is 7.40. The predicted molar refractivity (Wildman–Crippen MR) is 84.1 cm³/mol. The maximum atomic E-state index is 12.4. The van der Waals surface area contributed by atoms with Crippen LogP contribution in [0.5, 0.6) is 0 Å². The fraction of sp³-hybridized carbons (Fsp3) is 0.588. The van der Waals surface area contributed by atoms with Crippen LogP contribution >= 0.6 is 0 Å². The van der Waals surface area contributed by atoms with E-state index >= 15 is 0 Å². The third kappa shape index (κ3) is 4.83. The van der Waals surface area contributed by atoms with Gasteiger partial charge in [-0.3, -0.25) is 5.32 Å². The fourth-order valence-corrected chi connectivity index (χ4v) is 2.23. The van der Waals surface area contributed by atoms with Gasteiger partial charge in [-0.05, 0) is 24.4 Å². The number of methoxy groups -OCH3 is 1. The van der Waals surface area contributed by atoms with Crippen LogP contribution in [0.2, 0.25) is 0 Å². The molecule has 0 aliphatic rings. The largest absolute Gasteiger partial charge is 0.467 e. The molecule has 118 valence electrons. The summed E-state index contributed by atoms with van der Waals surface area (Å²) in [6, 6.07) is 9.60. The van der Waals surface area contributed by atoms with E-state index in [2.05, 4.69) is 19.2 Å².